The van der Waals surface area contributed by atoms with Crippen molar-refractivity contribution in [2.45, 2.75) is 25.9 Å². The molecule has 2 aliphatic rings. The highest BCUT2D eigenvalue weighted by molar-refractivity contribution is 7.19. The van der Waals surface area contributed by atoms with Gasteiger partial charge in [-0.25, -0.2) is 0 Å². The fraction of sp³-hybridized carbons (Fsp3) is 0.474. The second kappa shape index (κ2) is 6.42. The van der Waals surface area contributed by atoms with E-state index < -0.39 is 0 Å². The van der Waals surface area contributed by atoms with Gasteiger partial charge >= 0.3 is 0 Å². The normalized spacial score (nSPS) is 21.9. The monoisotopic (exact) mass is 357 g/mol. The van der Waals surface area contributed by atoms with Crippen LogP contribution < -0.4 is 0 Å². The van der Waals surface area contributed by atoms with Crippen molar-refractivity contribution in [3.05, 3.63) is 34.7 Å². The number of hydrogen-bond acceptors (Lipinski definition) is 4. The lowest BCUT2D eigenvalue weighted by Gasteiger charge is -2.45. The summed E-state index contributed by atoms with van der Waals surface area (Å²) < 4.78 is 1.33. The van der Waals surface area contributed by atoms with Gasteiger partial charge < -0.3 is 9.80 Å². The third-order valence-electron chi connectivity index (χ3n) is 5.30. The number of benzene rings is 1. The van der Waals surface area contributed by atoms with Crippen molar-refractivity contribution in [1.29, 1.82) is 0 Å². The van der Waals surface area contributed by atoms with Crippen LogP contribution in [0.4, 0.5) is 0 Å². The lowest BCUT2D eigenvalue weighted by Crippen LogP contribution is -2.65. The fourth-order valence-corrected chi connectivity index (χ4v) is 5.11. The molecule has 2 amide bonds. The Kier molecular flexibility index (Phi) is 4.25. The van der Waals surface area contributed by atoms with E-state index in [4.69, 9.17) is 0 Å². The summed E-state index contributed by atoms with van der Waals surface area (Å²) in [6, 6.07) is 8.23. The average molecular weight is 357 g/mol. The predicted molar refractivity (Wildman–Crippen MR) is 99.6 cm³/mol. The third-order valence-corrected chi connectivity index (χ3v) is 6.66. The van der Waals surface area contributed by atoms with E-state index in [1.165, 1.54) is 20.5 Å². The second-order valence-corrected chi connectivity index (χ2v) is 8.02. The minimum atomic E-state index is -0.324. The SMILES string of the molecule is CCc1sc2ccccc2c1CN1CCN2C(=O)CN(C)C(=O)C2C1. The summed E-state index contributed by atoms with van der Waals surface area (Å²) in [5.41, 5.74) is 1.39. The van der Waals surface area contributed by atoms with Crippen LogP contribution in [0, 0.1) is 0 Å². The summed E-state index contributed by atoms with van der Waals surface area (Å²) in [7, 11) is 1.72. The Balaban J connectivity index is 1.58. The first-order valence-corrected chi connectivity index (χ1v) is 9.66. The fourth-order valence-electron chi connectivity index (χ4n) is 3.95. The Morgan fingerprint density at radius 2 is 2.00 bits per heavy atom. The highest BCUT2D eigenvalue weighted by Crippen LogP contribution is 2.33. The number of rotatable bonds is 3. The molecule has 3 heterocycles. The molecule has 0 saturated carbocycles. The van der Waals surface area contributed by atoms with Crippen molar-refractivity contribution in [2.24, 2.45) is 0 Å². The number of thiophene rings is 1. The van der Waals surface area contributed by atoms with Gasteiger partial charge in [0, 0.05) is 42.8 Å². The van der Waals surface area contributed by atoms with Gasteiger partial charge in [0.05, 0.1) is 6.54 Å². The van der Waals surface area contributed by atoms with Gasteiger partial charge in [-0.3, -0.25) is 14.5 Å². The smallest absolute Gasteiger partial charge is 0.246 e. The summed E-state index contributed by atoms with van der Waals surface area (Å²) in [4.78, 5) is 31.8. The van der Waals surface area contributed by atoms with E-state index in [-0.39, 0.29) is 24.4 Å². The quantitative estimate of drug-likeness (QED) is 0.843. The van der Waals surface area contributed by atoms with Crippen molar-refractivity contribution in [2.75, 3.05) is 33.2 Å². The van der Waals surface area contributed by atoms with Gasteiger partial charge in [0.25, 0.3) is 0 Å². The molecule has 0 spiro atoms. The van der Waals surface area contributed by atoms with E-state index in [2.05, 4.69) is 36.1 Å². The van der Waals surface area contributed by atoms with E-state index in [1.807, 2.05) is 11.3 Å². The van der Waals surface area contributed by atoms with Crippen LogP contribution in [0.15, 0.2) is 24.3 Å². The first-order valence-electron chi connectivity index (χ1n) is 8.84. The zero-order valence-electron chi connectivity index (χ0n) is 14.7. The summed E-state index contributed by atoms with van der Waals surface area (Å²) in [5.74, 6) is 0.136. The Bertz CT molecular complexity index is 831. The molecule has 5 nitrogen and oxygen atoms in total. The van der Waals surface area contributed by atoms with Crippen LogP contribution in [0.1, 0.15) is 17.4 Å². The highest BCUT2D eigenvalue weighted by atomic mass is 32.1. The number of amides is 2. The second-order valence-electron chi connectivity index (χ2n) is 6.89. The van der Waals surface area contributed by atoms with Crippen LogP contribution in [0.3, 0.4) is 0 Å². The van der Waals surface area contributed by atoms with Gasteiger partial charge in [-0.1, -0.05) is 25.1 Å². The topological polar surface area (TPSA) is 43.9 Å². The minimum absolute atomic E-state index is 0.0650. The van der Waals surface area contributed by atoms with E-state index in [0.29, 0.717) is 13.1 Å². The first kappa shape index (κ1) is 16.5. The number of fused-ring (bicyclic) bond motifs is 2. The molecular weight excluding hydrogens is 334 g/mol. The van der Waals surface area contributed by atoms with Gasteiger partial charge in [0.2, 0.25) is 11.8 Å². The van der Waals surface area contributed by atoms with Gasteiger partial charge in [-0.05, 0) is 23.4 Å². The summed E-state index contributed by atoms with van der Waals surface area (Å²) in [5, 5.41) is 1.33. The lowest BCUT2D eigenvalue weighted by atomic mass is 10.0. The van der Waals surface area contributed by atoms with Crippen molar-refractivity contribution < 1.29 is 9.59 Å². The van der Waals surface area contributed by atoms with Crippen LogP contribution in [0.25, 0.3) is 10.1 Å². The summed E-state index contributed by atoms with van der Waals surface area (Å²) >= 11 is 1.87. The molecule has 1 aromatic carbocycles. The molecule has 2 saturated heterocycles. The number of piperazine rings is 2. The Hall–Kier alpha value is -1.92. The zero-order chi connectivity index (χ0) is 17.6. The van der Waals surface area contributed by atoms with E-state index in [9.17, 15) is 9.59 Å². The van der Waals surface area contributed by atoms with E-state index in [0.717, 1.165) is 19.5 Å². The van der Waals surface area contributed by atoms with E-state index in [1.54, 1.807) is 16.8 Å². The minimum Gasteiger partial charge on any atom is -0.335 e. The maximum absolute atomic E-state index is 12.5. The number of likely N-dealkylation sites (N-methyl/N-ethyl adjacent to an activating group) is 1. The number of hydrogen-bond donors (Lipinski definition) is 0. The maximum Gasteiger partial charge on any atom is 0.246 e. The largest absolute Gasteiger partial charge is 0.335 e. The molecule has 25 heavy (non-hydrogen) atoms. The van der Waals surface area contributed by atoms with Gasteiger partial charge in [-0.2, -0.15) is 0 Å². The number of carbonyl (C=O) groups is 2. The molecule has 0 N–H and O–H groups in total. The standard InChI is InChI=1S/C19H23N3O2S/c1-3-16-14(13-6-4-5-7-17(13)25-16)10-21-8-9-22-15(11-21)19(24)20(2)12-18(22)23/h4-7,15H,3,8-12H2,1-2H3. The van der Waals surface area contributed by atoms with Crippen LogP contribution in [0.5, 0.6) is 0 Å². The molecule has 4 rings (SSSR count). The van der Waals surface area contributed by atoms with Crippen LogP contribution >= 0.6 is 11.3 Å². The lowest BCUT2D eigenvalue weighted by molar-refractivity contribution is -0.158. The number of nitrogens with zero attached hydrogens (tertiary/aromatic N) is 3. The molecule has 2 fully saturated rings. The average Bonchev–Trinajstić information content (AvgIpc) is 2.97. The third kappa shape index (κ3) is 2.83. The Labute approximate surface area is 151 Å². The molecule has 0 aliphatic carbocycles. The first-order chi connectivity index (χ1) is 12.1. The highest BCUT2D eigenvalue weighted by Gasteiger charge is 2.41. The molecule has 0 bridgehead atoms. The van der Waals surface area contributed by atoms with Gasteiger partial charge in [0.15, 0.2) is 0 Å². The molecule has 1 unspecified atom stereocenters. The molecule has 0 radical (unpaired) electrons. The summed E-state index contributed by atoms with van der Waals surface area (Å²) in [6.45, 7) is 5.36. The van der Waals surface area contributed by atoms with Crippen LogP contribution in [0.2, 0.25) is 0 Å². The molecule has 1 atom stereocenters. The number of aryl methyl sites for hydroxylation is 1. The van der Waals surface area contributed by atoms with Crippen molar-refractivity contribution >= 4 is 33.2 Å². The van der Waals surface area contributed by atoms with Gasteiger partial charge in [-0.15, -0.1) is 11.3 Å². The molecule has 1 aromatic heterocycles. The molecule has 2 aromatic rings. The predicted octanol–water partition coefficient (Wildman–Crippen LogP) is 1.95. The Morgan fingerprint density at radius 3 is 2.80 bits per heavy atom. The zero-order valence-corrected chi connectivity index (χ0v) is 15.5. The molecule has 6 heteroatoms. The molecule has 132 valence electrons. The Morgan fingerprint density at radius 1 is 1.20 bits per heavy atom. The molecular formula is C19H23N3O2S. The van der Waals surface area contributed by atoms with Crippen LogP contribution in [-0.2, 0) is 22.6 Å². The van der Waals surface area contributed by atoms with Crippen molar-refractivity contribution in [3.8, 4) is 0 Å². The number of carbonyl (C=O) groups excluding carboxylic acids is 2. The molecule has 2 aliphatic heterocycles. The summed E-state index contributed by atoms with van der Waals surface area (Å²) in [6.07, 6.45) is 1.03. The van der Waals surface area contributed by atoms with Crippen molar-refractivity contribution in [3.63, 3.8) is 0 Å². The maximum atomic E-state index is 12.5. The van der Waals surface area contributed by atoms with Crippen molar-refractivity contribution in [1.82, 2.24) is 14.7 Å². The van der Waals surface area contributed by atoms with E-state index >= 15 is 0 Å². The van der Waals surface area contributed by atoms with Crippen LogP contribution in [-0.4, -0.2) is 65.8 Å². The van der Waals surface area contributed by atoms with Gasteiger partial charge in [0.1, 0.15) is 6.04 Å².